The first-order chi connectivity index (χ1) is 10.2. The smallest absolute Gasteiger partial charge is 0.255 e. The van der Waals surface area contributed by atoms with Crippen LogP contribution in [0.1, 0.15) is 34.8 Å². The topological polar surface area (TPSA) is 42.3 Å². The zero-order chi connectivity index (χ0) is 14.8. The van der Waals surface area contributed by atoms with Gasteiger partial charge in [-0.15, -0.1) is 0 Å². The molecule has 0 saturated carbocycles. The molecule has 1 aliphatic rings. The van der Waals surface area contributed by atoms with Gasteiger partial charge in [-0.1, -0.05) is 30.3 Å². The van der Waals surface area contributed by atoms with Crippen molar-refractivity contribution in [1.82, 2.24) is 9.47 Å². The third kappa shape index (κ3) is 2.61. The van der Waals surface area contributed by atoms with Crippen LogP contribution in [0.15, 0.2) is 53.5 Å². The summed E-state index contributed by atoms with van der Waals surface area (Å²) in [5, 5.41) is 0. The van der Waals surface area contributed by atoms with E-state index in [2.05, 4.69) is 12.1 Å². The quantitative estimate of drug-likeness (QED) is 0.848. The Labute approximate surface area is 123 Å². The van der Waals surface area contributed by atoms with Gasteiger partial charge in [0.1, 0.15) is 0 Å². The predicted molar refractivity (Wildman–Crippen MR) is 81.1 cm³/mol. The monoisotopic (exact) mass is 282 g/mol. The summed E-state index contributed by atoms with van der Waals surface area (Å²) in [7, 11) is 1.66. The Balaban J connectivity index is 1.89. The minimum atomic E-state index is -0.104. The van der Waals surface area contributed by atoms with Crippen LogP contribution >= 0.6 is 0 Å². The van der Waals surface area contributed by atoms with Gasteiger partial charge in [0.2, 0.25) is 5.56 Å². The molecule has 0 radical (unpaired) electrons. The fourth-order valence-electron chi connectivity index (χ4n) is 2.92. The van der Waals surface area contributed by atoms with E-state index in [0.29, 0.717) is 5.56 Å². The second-order valence-corrected chi connectivity index (χ2v) is 5.43. The minimum Gasteiger partial charge on any atom is -0.332 e. The van der Waals surface area contributed by atoms with Gasteiger partial charge < -0.3 is 9.47 Å². The largest absolute Gasteiger partial charge is 0.332 e. The molecule has 0 aliphatic carbocycles. The highest BCUT2D eigenvalue weighted by atomic mass is 16.2. The van der Waals surface area contributed by atoms with Crippen LogP contribution in [0.3, 0.4) is 0 Å². The molecule has 1 aromatic heterocycles. The number of aryl methyl sites for hydroxylation is 1. The van der Waals surface area contributed by atoms with Crippen molar-refractivity contribution in [2.45, 2.75) is 18.9 Å². The Bertz CT molecular complexity index is 706. The highest BCUT2D eigenvalue weighted by Gasteiger charge is 2.30. The Hall–Kier alpha value is -2.36. The lowest BCUT2D eigenvalue weighted by Gasteiger charge is -2.25. The van der Waals surface area contributed by atoms with E-state index in [-0.39, 0.29) is 17.5 Å². The highest BCUT2D eigenvalue weighted by molar-refractivity contribution is 5.94. The number of carbonyl (C=O) groups is 1. The van der Waals surface area contributed by atoms with Crippen LogP contribution in [0.4, 0.5) is 0 Å². The molecule has 1 amide bonds. The molecule has 1 atom stereocenters. The number of carbonyl (C=O) groups excluding carboxylic acids is 1. The van der Waals surface area contributed by atoms with E-state index < -0.39 is 0 Å². The third-order valence-electron chi connectivity index (χ3n) is 4.03. The van der Waals surface area contributed by atoms with E-state index >= 15 is 0 Å². The van der Waals surface area contributed by atoms with Gasteiger partial charge in [0.05, 0.1) is 11.6 Å². The van der Waals surface area contributed by atoms with Gasteiger partial charge in [-0.2, -0.15) is 0 Å². The maximum absolute atomic E-state index is 12.7. The number of aromatic nitrogens is 1. The molecule has 1 aliphatic heterocycles. The summed E-state index contributed by atoms with van der Waals surface area (Å²) < 4.78 is 1.45. The fraction of sp³-hybridized carbons (Fsp3) is 0.294. The van der Waals surface area contributed by atoms with Gasteiger partial charge in [0.25, 0.3) is 5.91 Å². The van der Waals surface area contributed by atoms with Gasteiger partial charge in [0, 0.05) is 25.9 Å². The van der Waals surface area contributed by atoms with Crippen molar-refractivity contribution in [2.24, 2.45) is 7.05 Å². The molecule has 1 aromatic carbocycles. The lowest BCUT2D eigenvalue weighted by atomic mass is 10.0. The maximum Gasteiger partial charge on any atom is 0.255 e. The van der Waals surface area contributed by atoms with E-state index in [9.17, 15) is 9.59 Å². The van der Waals surface area contributed by atoms with Gasteiger partial charge >= 0.3 is 0 Å². The summed E-state index contributed by atoms with van der Waals surface area (Å²) in [5.74, 6) is -0.00282. The average Bonchev–Trinajstić information content (AvgIpc) is 2.99. The van der Waals surface area contributed by atoms with Gasteiger partial charge in [-0.25, -0.2) is 0 Å². The van der Waals surface area contributed by atoms with Gasteiger partial charge in [-0.3, -0.25) is 9.59 Å². The van der Waals surface area contributed by atoms with Crippen LogP contribution in [0, 0.1) is 0 Å². The molecule has 0 spiro atoms. The number of hydrogen-bond acceptors (Lipinski definition) is 2. The van der Waals surface area contributed by atoms with E-state index in [4.69, 9.17) is 0 Å². The number of rotatable bonds is 2. The van der Waals surface area contributed by atoms with E-state index in [0.717, 1.165) is 19.4 Å². The summed E-state index contributed by atoms with van der Waals surface area (Å²) >= 11 is 0. The number of hydrogen-bond donors (Lipinski definition) is 0. The first kappa shape index (κ1) is 13.6. The molecular formula is C17H18N2O2. The molecule has 0 N–H and O–H groups in total. The molecular weight excluding hydrogens is 264 g/mol. The lowest BCUT2D eigenvalue weighted by Crippen LogP contribution is -2.31. The van der Waals surface area contributed by atoms with Crippen molar-refractivity contribution in [2.75, 3.05) is 6.54 Å². The Kier molecular flexibility index (Phi) is 3.60. The Morgan fingerprint density at radius 3 is 2.62 bits per heavy atom. The molecule has 1 saturated heterocycles. The molecule has 2 heterocycles. The van der Waals surface area contributed by atoms with Crippen molar-refractivity contribution in [3.8, 4) is 0 Å². The van der Waals surface area contributed by atoms with Crippen molar-refractivity contribution >= 4 is 5.91 Å². The van der Waals surface area contributed by atoms with Crippen molar-refractivity contribution < 1.29 is 4.79 Å². The molecule has 4 heteroatoms. The second kappa shape index (κ2) is 5.56. The average molecular weight is 282 g/mol. The van der Waals surface area contributed by atoms with Crippen LogP contribution in [0.2, 0.25) is 0 Å². The Morgan fingerprint density at radius 1 is 1.14 bits per heavy atom. The molecule has 21 heavy (non-hydrogen) atoms. The first-order valence-corrected chi connectivity index (χ1v) is 7.19. The number of nitrogens with zero attached hydrogens (tertiary/aromatic N) is 2. The lowest BCUT2D eigenvalue weighted by molar-refractivity contribution is 0.0734. The number of benzene rings is 1. The minimum absolute atomic E-state index is 0.00282. The summed E-state index contributed by atoms with van der Waals surface area (Å²) in [5.41, 5.74) is 1.64. The molecule has 108 valence electrons. The second-order valence-electron chi connectivity index (χ2n) is 5.43. The summed E-state index contributed by atoms with van der Waals surface area (Å²) in [6.07, 6.45) is 3.61. The molecule has 4 nitrogen and oxygen atoms in total. The van der Waals surface area contributed by atoms with Crippen molar-refractivity contribution in [3.63, 3.8) is 0 Å². The molecule has 1 unspecified atom stereocenters. The van der Waals surface area contributed by atoms with Crippen LogP contribution < -0.4 is 5.56 Å². The number of likely N-dealkylation sites (tertiary alicyclic amines) is 1. The zero-order valence-electron chi connectivity index (χ0n) is 12.0. The highest BCUT2D eigenvalue weighted by Crippen LogP contribution is 2.32. The number of pyridine rings is 1. The fourth-order valence-corrected chi connectivity index (χ4v) is 2.92. The van der Waals surface area contributed by atoms with Crippen LogP contribution in [0.25, 0.3) is 0 Å². The van der Waals surface area contributed by atoms with E-state index in [1.165, 1.54) is 16.2 Å². The van der Waals surface area contributed by atoms with Crippen LogP contribution in [-0.4, -0.2) is 21.9 Å². The summed E-state index contributed by atoms with van der Waals surface area (Å²) in [4.78, 5) is 26.1. The molecule has 3 rings (SSSR count). The predicted octanol–water partition coefficient (Wildman–Crippen LogP) is 2.36. The van der Waals surface area contributed by atoms with Crippen molar-refractivity contribution in [1.29, 1.82) is 0 Å². The molecule has 1 fully saturated rings. The summed E-state index contributed by atoms with van der Waals surface area (Å²) in [6, 6.07) is 13.3. The molecule has 0 bridgehead atoms. The van der Waals surface area contributed by atoms with Crippen LogP contribution in [-0.2, 0) is 7.05 Å². The Morgan fingerprint density at radius 2 is 1.90 bits per heavy atom. The summed E-state index contributed by atoms with van der Waals surface area (Å²) in [6.45, 7) is 0.765. The van der Waals surface area contributed by atoms with Gasteiger partial charge in [-0.05, 0) is 24.5 Å². The zero-order valence-corrected chi connectivity index (χ0v) is 12.0. The standard InChI is InChI=1S/C17H18N2O2/c1-18-12-14(9-10-16(18)20)17(21)19-11-5-8-15(19)13-6-3-2-4-7-13/h2-4,6-7,9-10,12,15H,5,8,11H2,1H3. The van der Waals surface area contributed by atoms with Gasteiger partial charge in [0.15, 0.2) is 0 Å². The third-order valence-corrected chi connectivity index (χ3v) is 4.03. The number of amides is 1. The van der Waals surface area contributed by atoms with Crippen LogP contribution in [0.5, 0.6) is 0 Å². The van der Waals surface area contributed by atoms with Crippen molar-refractivity contribution in [3.05, 3.63) is 70.1 Å². The maximum atomic E-state index is 12.7. The molecule has 2 aromatic rings. The van der Waals surface area contributed by atoms with E-state index in [1.807, 2.05) is 23.1 Å². The SMILES string of the molecule is Cn1cc(C(=O)N2CCCC2c2ccccc2)ccc1=O. The van der Waals surface area contributed by atoms with E-state index in [1.54, 1.807) is 19.3 Å². The first-order valence-electron chi connectivity index (χ1n) is 7.19. The normalized spacial score (nSPS) is 18.0.